The number of rotatable bonds is 6. The number of carbonyl (C=O) groups is 2. The van der Waals surface area contributed by atoms with E-state index >= 15 is 0 Å². The van der Waals surface area contributed by atoms with Crippen LogP contribution in [0.4, 0.5) is 11.4 Å². The van der Waals surface area contributed by atoms with Crippen LogP contribution in [0.2, 0.25) is 0 Å². The normalized spacial score (nSPS) is 10.5. The number of aromatic amines is 1. The lowest BCUT2D eigenvalue weighted by atomic mass is 10.1. The van der Waals surface area contributed by atoms with Gasteiger partial charge in [0.1, 0.15) is 5.75 Å². The lowest BCUT2D eigenvalue weighted by molar-refractivity contribution is -0.116. The summed E-state index contributed by atoms with van der Waals surface area (Å²) in [6, 6.07) is 13.1. The minimum atomic E-state index is -0.174. The Hall–Kier alpha value is -3.28. The van der Waals surface area contributed by atoms with Crippen LogP contribution < -0.4 is 15.4 Å². The number of fused-ring (bicyclic) bond motifs is 1. The molecule has 3 N–H and O–H groups in total. The van der Waals surface area contributed by atoms with Crippen molar-refractivity contribution in [2.75, 3.05) is 17.7 Å². The second-order valence-corrected chi connectivity index (χ2v) is 6.00. The number of carbonyl (C=O) groups excluding carboxylic acids is 2. The Bertz CT molecular complexity index is 946. The maximum absolute atomic E-state index is 12.4. The summed E-state index contributed by atoms with van der Waals surface area (Å²) in [5, 5.41) is 6.68. The number of aromatic nitrogens is 1. The fourth-order valence-electron chi connectivity index (χ4n) is 2.89. The number of methoxy groups -OCH3 is 1. The Morgan fingerprint density at radius 1 is 1.12 bits per heavy atom. The van der Waals surface area contributed by atoms with Crippen molar-refractivity contribution in [1.29, 1.82) is 0 Å². The standard InChI is InChI=1S/C20H21N3O3/c1-13(24)22-15-8-9-19(26-2)18(11-15)23-20(25)10-7-14-12-21-17-6-4-3-5-16(14)17/h3-6,8-9,11-12,21H,7,10H2,1-2H3,(H,22,24)(H,23,25). The summed E-state index contributed by atoms with van der Waals surface area (Å²) in [4.78, 5) is 26.8. The van der Waals surface area contributed by atoms with Crippen LogP contribution >= 0.6 is 0 Å². The highest BCUT2D eigenvalue weighted by Gasteiger charge is 2.11. The molecular weight excluding hydrogens is 330 g/mol. The van der Waals surface area contributed by atoms with Crippen molar-refractivity contribution in [1.82, 2.24) is 4.98 Å². The molecule has 0 atom stereocenters. The zero-order chi connectivity index (χ0) is 18.5. The lowest BCUT2D eigenvalue weighted by Gasteiger charge is -2.12. The molecule has 0 fully saturated rings. The molecule has 0 aliphatic carbocycles. The number of hydrogen-bond acceptors (Lipinski definition) is 3. The topological polar surface area (TPSA) is 83.2 Å². The van der Waals surface area contributed by atoms with Gasteiger partial charge in [0, 0.05) is 36.1 Å². The number of amides is 2. The minimum Gasteiger partial charge on any atom is -0.495 e. The van der Waals surface area contributed by atoms with E-state index in [-0.39, 0.29) is 11.8 Å². The van der Waals surface area contributed by atoms with E-state index < -0.39 is 0 Å². The second-order valence-electron chi connectivity index (χ2n) is 6.00. The van der Waals surface area contributed by atoms with Crippen LogP contribution in [0.1, 0.15) is 18.9 Å². The molecule has 0 unspecified atom stereocenters. The van der Waals surface area contributed by atoms with Gasteiger partial charge in [-0.3, -0.25) is 9.59 Å². The van der Waals surface area contributed by atoms with Gasteiger partial charge >= 0.3 is 0 Å². The number of hydrogen-bond donors (Lipinski definition) is 3. The summed E-state index contributed by atoms with van der Waals surface area (Å²) in [5.41, 5.74) is 3.30. The van der Waals surface area contributed by atoms with Gasteiger partial charge in [0.05, 0.1) is 12.8 Å². The van der Waals surface area contributed by atoms with Gasteiger partial charge in [0.2, 0.25) is 11.8 Å². The van der Waals surface area contributed by atoms with Crippen LogP contribution in [-0.4, -0.2) is 23.9 Å². The van der Waals surface area contributed by atoms with Gasteiger partial charge in [-0.25, -0.2) is 0 Å². The SMILES string of the molecule is COc1ccc(NC(C)=O)cc1NC(=O)CCc1c[nH]c2ccccc12. The fourth-order valence-corrected chi connectivity index (χ4v) is 2.89. The molecule has 1 aromatic heterocycles. The Balaban J connectivity index is 1.68. The van der Waals surface area contributed by atoms with E-state index in [1.807, 2.05) is 30.5 Å². The van der Waals surface area contributed by atoms with Crippen molar-refractivity contribution in [2.24, 2.45) is 0 Å². The van der Waals surface area contributed by atoms with E-state index in [1.165, 1.54) is 14.0 Å². The molecule has 3 rings (SSSR count). The molecule has 134 valence electrons. The van der Waals surface area contributed by atoms with E-state index in [2.05, 4.69) is 15.6 Å². The number of nitrogens with one attached hydrogen (secondary N) is 3. The van der Waals surface area contributed by atoms with Crippen molar-refractivity contribution in [3.63, 3.8) is 0 Å². The Morgan fingerprint density at radius 3 is 2.69 bits per heavy atom. The van der Waals surface area contributed by atoms with Crippen molar-refractivity contribution in [3.8, 4) is 5.75 Å². The van der Waals surface area contributed by atoms with Crippen LogP contribution in [0, 0.1) is 0 Å². The summed E-state index contributed by atoms with van der Waals surface area (Å²) in [7, 11) is 1.54. The van der Waals surface area contributed by atoms with Gasteiger partial charge in [-0.05, 0) is 36.2 Å². The molecule has 0 saturated carbocycles. The third kappa shape index (κ3) is 4.03. The molecule has 26 heavy (non-hydrogen) atoms. The number of aryl methyl sites for hydroxylation is 1. The first-order valence-electron chi connectivity index (χ1n) is 8.37. The fraction of sp³-hybridized carbons (Fsp3) is 0.200. The van der Waals surface area contributed by atoms with Crippen molar-refractivity contribution < 1.29 is 14.3 Å². The first kappa shape index (κ1) is 17.5. The molecule has 2 aromatic carbocycles. The Labute approximate surface area is 151 Å². The Morgan fingerprint density at radius 2 is 1.92 bits per heavy atom. The van der Waals surface area contributed by atoms with E-state index in [0.29, 0.717) is 30.0 Å². The zero-order valence-electron chi connectivity index (χ0n) is 14.8. The number of anilines is 2. The molecule has 3 aromatic rings. The smallest absolute Gasteiger partial charge is 0.224 e. The first-order valence-corrected chi connectivity index (χ1v) is 8.37. The highest BCUT2D eigenvalue weighted by atomic mass is 16.5. The summed E-state index contributed by atoms with van der Waals surface area (Å²) < 4.78 is 5.28. The molecule has 0 bridgehead atoms. The number of para-hydroxylation sites is 1. The van der Waals surface area contributed by atoms with Crippen LogP contribution in [0.3, 0.4) is 0 Å². The number of ether oxygens (including phenoxy) is 1. The van der Waals surface area contributed by atoms with Crippen molar-refractivity contribution in [2.45, 2.75) is 19.8 Å². The highest BCUT2D eigenvalue weighted by molar-refractivity contribution is 5.95. The molecule has 1 heterocycles. The van der Waals surface area contributed by atoms with E-state index in [0.717, 1.165) is 16.5 Å². The highest BCUT2D eigenvalue weighted by Crippen LogP contribution is 2.28. The molecule has 0 spiro atoms. The molecule has 0 aliphatic rings. The van der Waals surface area contributed by atoms with Gasteiger partial charge in [-0.15, -0.1) is 0 Å². The summed E-state index contributed by atoms with van der Waals surface area (Å²) in [5.74, 6) is 0.250. The molecule has 2 amide bonds. The average Bonchev–Trinajstić information content (AvgIpc) is 3.03. The molecular formula is C20H21N3O3. The third-order valence-electron chi connectivity index (χ3n) is 4.09. The quantitative estimate of drug-likeness (QED) is 0.633. The van der Waals surface area contributed by atoms with Crippen molar-refractivity contribution >= 4 is 34.1 Å². The van der Waals surface area contributed by atoms with Crippen LogP contribution in [0.15, 0.2) is 48.7 Å². The largest absolute Gasteiger partial charge is 0.495 e. The van der Waals surface area contributed by atoms with Crippen LogP contribution in [0.5, 0.6) is 5.75 Å². The maximum Gasteiger partial charge on any atom is 0.224 e. The van der Waals surface area contributed by atoms with Crippen LogP contribution in [0.25, 0.3) is 10.9 Å². The molecule has 0 saturated heterocycles. The van der Waals surface area contributed by atoms with E-state index in [9.17, 15) is 9.59 Å². The number of H-pyrrole nitrogens is 1. The van der Waals surface area contributed by atoms with Crippen molar-refractivity contribution in [3.05, 3.63) is 54.2 Å². The minimum absolute atomic E-state index is 0.117. The monoisotopic (exact) mass is 351 g/mol. The van der Waals surface area contributed by atoms with Gasteiger partial charge < -0.3 is 20.4 Å². The van der Waals surface area contributed by atoms with Gasteiger partial charge in [0.25, 0.3) is 0 Å². The molecule has 0 aliphatic heterocycles. The third-order valence-corrected chi connectivity index (χ3v) is 4.09. The van der Waals surface area contributed by atoms with E-state index in [4.69, 9.17) is 4.74 Å². The first-order chi connectivity index (χ1) is 12.6. The van der Waals surface area contributed by atoms with E-state index in [1.54, 1.807) is 18.2 Å². The average molecular weight is 351 g/mol. The molecule has 6 nitrogen and oxygen atoms in total. The van der Waals surface area contributed by atoms with Gasteiger partial charge in [-0.2, -0.15) is 0 Å². The predicted molar refractivity (Wildman–Crippen MR) is 103 cm³/mol. The number of benzene rings is 2. The molecule has 0 radical (unpaired) electrons. The second kappa shape index (κ2) is 7.74. The van der Waals surface area contributed by atoms with Gasteiger partial charge in [0.15, 0.2) is 0 Å². The molecule has 6 heteroatoms. The zero-order valence-corrected chi connectivity index (χ0v) is 14.8. The summed E-state index contributed by atoms with van der Waals surface area (Å²) in [6.07, 6.45) is 2.91. The lowest BCUT2D eigenvalue weighted by Crippen LogP contribution is -2.14. The predicted octanol–water partition coefficient (Wildman–Crippen LogP) is 3.71. The van der Waals surface area contributed by atoms with Crippen LogP contribution in [-0.2, 0) is 16.0 Å². The Kier molecular flexibility index (Phi) is 5.22. The summed E-state index contributed by atoms with van der Waals surface area (Å²) >= 11 is 0. The maximum atomic E-state index is 12.4. The van der Waals surface area contributed by atoms with Gasteiger partial charge in [-0.1, -0.05) is 18.2 Å². The summed E-state index contributed by atoms with van der Waals surface area (Å²) in [6.45, 7) is 1.43.